The predicted molar refractivity (Wildman–Crippen MR) is 29.6 cm³/mol. The Morgan fingerprint density at radius 3 is 0.667 bits per heavy atom. The predicted octanol–water partition coefficient (Wildman–Crippen LogP) is 1.63. The van der Waals surface area contributed by atoms with Gasteiger partial charge in [0.2, 0.25) is 0 Å². The molecule has 0 unspecified atom stereocenters. The first-order valence-electron chi connectivity index (χ1n) is 2.21. The fourth-order valence-electron chi connectivity index (χ4n) is 0. The number of hydrogen-bond donors (Lipinski definition) is 0. The molecule has 0 aliphatic heterocycles. The van der Waals surface area contributed by atoms with Crippen molar-refractivity contribution in [1.29, 1.82) is 0 Å². The first-order chi connectivity index (χ1) is 5.89. The minimum atomic E-state index is -5.08. The fourth-order valence-corrected chi connectivity index (χ4v) is 0. The van der Waals surface area contributed by atoms with Gasteiger partial charge in [0.15, 0.2) is 0 Å². The van der Waals surface area contributed by atoms with E-state index in [1.165, 1.54) is 0 Å². The molecule has 13 heteroatoms. The molecule has 0 heterocycles. The van der Waals surface area contributed by atoms with Crippen molar-refractivity contribution in [3.05, 3.63) is 0 Å². The smallest absolute Gasteiger partial charge is 0.373 e. The van der Waals surface area contributed by atoms with E-state index in [1.807, 2.05) is 0 Å². The number of halogens is 6. The average Bonchev–Trinajstić information content (AvgIpc) is 1.83. The van der Waals surface area contributed by atoms with Gasteiger partial charge >= 0.3 is 11.0 Å². The van der Waals surface area contributed by atoms with Crippen LogP contribution in [-0.4, -0.2) is 11.0 Å². The Hall–Kier alpha value is 0.220. The summed E-state index contributed by atoms with van der Waals surface area (Å²) in [5, 5.41) is 0. The van der Waals surface area contributed by atoms with Crippen LogP contribution in [-0.2, 0) is 60.6 Å². The van der Waals surface area contributed by atoms with E-state index in [4.69, 9.17) is 16.8 Å². The maximum atomic E-state index is 10.6. The summed E-state index contributed by atoms with van der Waals surface area (Å²) in [6.45, 7) is 0. The first-order valence-corrected chi connectivity index (χ1v) is 4.36. The molecule has 0 aromatic carbocycles. The second-order valence-corrected chi connectivity index (χ2v) is 3.23. The molecule has 0 rings (SSSR count). The molecule has 15 heavy (non-hydrogen) atoms. The van der Waals surface area contributed by atoms with Crippen LogP contribution in [0.2, 0.25) is 0 Å². The van der Waals surface area contributed by atoms with Crippen LogP contribution in [0.5, 0.6) is 0 Å². The molecule has 0 spiro atoms. The van der Waals surface area contributed by atoms with Gasteiger partial charge < -0.3 is 16.8 Å². The van der Waals surface area contributed by atoms with Crippen LogP contribution in [0.1, 0.15) is 0 Å². The van der Waals surface area contributed by atoms with Crippen molar-refractivity contribution < 1.29 is 65.6 Å². The third kappa shape index (κ3) is 14.2. The zero-order valence-corrected chi connectivity index (χ0v) is 9.13. The minimum absolute atomic E-state index is 0. The average molecular weight is 374 g/mol. The molecule has 0 amide bonds. The molecular weight excluding hydrogens is 374 g/mol. The standard InChI is InChI=1S/2CF3O2S.Ag/c2*2-1(3,4)7(5)6;/q2*-1;. The summed E-state index contributed by atoms with van der Waals surface area (Å²) in [6, 6.07) is 0. The molecule has 0 aliphatic carbocycles. The molecule has 0 atom stereocenters. The van der Waals surface area contributed by atoms with Crippen molar-refractivity contribution in [3.63, 3.8) is 0 Å². The number of hydrogen-bond acceptors (Lipinski definition) is 6. The Balaban J connectivity index is -0.000000180. The van der Waals surface area contributed by atoms with Crippen molar-refractivity contribution >= 4 is 21.4 Å². The summed E-state index contributed by atoms with van der Waals surface area (Å²) in [7, 11) is -7.87. The van der Waals surface area contributed by atoms with Gasteiger partial charge in [-0.2, -0.15) is 26.3 Å². The van der Waals surface area contributed by atoms with Gasteiger partial charge in [0.05, 0.1) is 0 Å². The van der Waals surface area contributed by atoms with Crippen LogP contribution in [0.25, 0.3) is 0 Å². The van der Waals surface area contributed by atoms with Gasteiger partial charge in [-0.25, -0.2) is 0 Å². The largest absolute Gasteiger partial charge is 0.416 e. The van der Waals surface area contributed by atoms with Crippen LogP contribution in [0.3, 0.4) is 0 Å². The SMILES string of the molecule is O=[S-](=O)C(F)(F)F.O=[S-](=O)C(F)(F)F.[Ag]. The number of rotatable bonds is 0. The van der Waals surface area contributed by atoms with Crippen LogP contribution in [0.15, 0.2) is 0 Å². The van der Waals surface area contributed by atoms with Crippen LogP contribution in [0, 0.1) is 0 Å². The van der Waals surface area contributed by atoms with Gasteiger partial charge in [-0.05, 0) is 0 Å². The van der Waals surface area contributed by atoms with Gasteiger partial charge in [0.1, 0.15) is 0 Å². The molecule has 1 radical (unpaired) electrons. The third-order valence-electron chi connectivity index (χ3n) is 0.378. The molecule has 0 saturated carbocycles. The topological polar surface area (TPSA) is 68.3 Å². The summed E-state index contributed by atoms with van der Waals surface area (Å²) in [6.07, 6.45) is 0. The van der Waals surface area contributed by atoms with E-state index < -0.39 is 32.4 Å². The fraction of sp³-hybridized carbons (Fsp3) is 1.00. The van der Waals surface area contributed by atoms with Crippen molar-refractivity contribution in [1.82, 2.24) is 0 Å². The molecule has 0 saturated heterocycles. The minimum Gasteiger partial charge on any atom is -0.416 e. The normalized spacial score (nSPS) is 11.7. The summed E-state index contributed by atoms with van der Waals surface area (Å²) >= 11 is 0. The Morgan fingerprint density at radius 2 is 0.667 bits per heavy atom. The molecule has 0 aliphatic rings. The summed E-state index contributed by atoms with van der Waals surface area (Å²) in [5.41, 5.74) is -10.2. The maximum Gasteiger partial charge on any atom is 0.373 e. The van der Waals surface area contributed by atoms with Gasteiger partial charge in [0.25, 0.3) is 0 Å². The van der Waals surface area contributed by atoms with Crippen LogP contribution >= 0.6 is 0 Å². The van der Waals surface area contributed by atoms with Crippen LogP contribution in [0.4, 0.5) is 26.3 Å². The van der Waals surface area contributed by atoms with Crippen molar-refractivity contribution in [2.24, 2.45) is 0 Å². The molecule has 0 bridgehead atoms. The zero-order valence-electron chi connectivity index (χ0n) is 6.02. The van der Waals surface area contributed by atoms with Gasteiger partial charge in [0, 0.05) is 43.8 Å². The maximum absolute atomic E-state index is 10.6. The Kier molecular flexibility index (Phi) is 10.3. The molecule has 0 aromatic rings. The van der Waals surface area contributed by atoms with Gasteiger partial charge in [-0.1, -0.05) is 0 Å². The molecule has 99 valence electrons. The van der Waals surface area contributed by atoms with E-state index in [0.29, 0.717) is 0 Å². The molecular formula is C2AgF6O4S2-2. The summed E-state index contributed by atoms with van der Waals surface area (Å²) in [4.78, 5) is 0. The van der Waals surface area contributed by atoms with Gasteiger partial charge in [-0.15, -0.1) is 0 Å². The third-order valence-corrected chi connectivity index (χ3v) is 1.13. The molecule has 0 aromatic heterocycles. The van der Waals surface area contributed by atoms with Crippen molar-refractivity contribution in [2.45, 2.75) is 11.0 Å². The van der Waals surface area contributed by atoms with E-state index >= 15 is 0 Å². The van der Waals surface area contributed by atoms with E-state index in [2.05, 4.69) is 0 Å². The first kappa shape index (κ1) is 20.6. The van der Waals surface area contributed by atoms with Crippen molar-refractivity contribution in [2.75, 3.05) is 0 Å². The molecule has 0 fully saturated rings. The van der Waals surface area contributed by atoms with Crippen LogP contribution < -0.4 is 0 Å². The van der Waals surface area contributed by atoms with Gasteiger partial charge in [-0.3, -0.25) is 0 Å². The second-order valence-electron chi connectivity index (χ2n) is 1.36. The summed E-state index contributed by atoms with van der Waals surface area (Å²) < 4.78 is 99.0. The second kappa shape index (κ2) is 7.49. The monoisotopic (exact) mass is 373 g/mol. The van der Waals surface area contributed by atoms with Crippen molar-refractivity contribution in [3.8, 4) is 0 Å². The van der Waals surface area contributed by atoms with E-state index in [1.54, 1.807) is 0 Å². The Morgan fingerprint density at radius 1 is 0.600 bits per heavy atom. The zero-order chi connectivity index (χ0) is 12.2. The quantitative estimate of drug-likeness (QED) is 0.367. The molecule has 0 N–H and O–H groups in total. The van der Waals surface area contributed by atoms with E-state index in [9.17, 15) is 26.3 Å². The summed E-state index contributed by atoms with van der Waals surface area (Å²) in [5.74, 6) is 0. The Bertz CT molecular complexity index is 264. The Labute approximate surface area is 98.1 Å². The van der Waals surface area contributed by atoms with E-state index in [-0.39, 0.29) is 22.4 Å². The van der Waals surface area contributed by atoms with E-state index in [0.717, 1.165) is 0 Å². The number of alkyl halides is 6. The molecule has 4 nitrogen and oxygen atoms in total.